The van der Waals surface area contributed by atoms with Gasteiger partial charge in [-0.15, -0.1) is 0 Å². The van der Waals surface area contributed by atoms with Crippen molar-refractivity contribution in [3.63, 3.8) is 0 Å². The Morgan fingerprint density at radius 2 is 1.68 bits per heavy atom. The second-order valence-corrected chi connectivity index (χ2v) is 6.06. The average Bonchev–Trinajstić information content (AvgIpc) is 2.48. The van der Waals surface area contributed by atoms with Crippen molar-refractivity contribution in [3.05, 3.63) is 23.8 Å². The Bertz CT molecular complexity index is 510. The van der Waals surface area contributed by atoms with Gasteiger partial charge < -0.3 is 20.5 Å². The minimum atomic E-state index is -0.413. The summed E-state index contributed by atoms with van der Waals surface area (Å²) in [5, 5.41) is 7.74. The van der Waals surface area contributed by atoms with Crippen LogP contribution in [-0.4, -0.2) is 24.0 Å². The van der Waals surface area contributed by atoms with Crippen LogP contribution in [0.3, 0.4) is 0 Å². The highest BCUT2D eigenvalue weighted by Gasteiger charge is 2.51. The predicted octanol–water partition coefficient (Wildman–Crippen LogP) is 1.96. The molecule has 1 saturated heterocycles. The number of benzene rings is 1. The summed E-state index contributed by atoms with van der Waals surface area (Å²) in [6.07, 6.45) is 0. The van der Waals surface area contributed by atoms with Gasteiger partial charge in [0, 0.05) is 17.0 Å². The molecule has 0 aliphatic carbocycles. The third-order valence-electron chi connectivity index (χ3n) is 4.01. The molecule has 2 rings (SSSR count). The van der Waals surface area contributed by atoms with Crippen LogP contribution in [0.1, 0.15) is 40.2 Å². The van der Waals surface area contributed by atoms with Gasteiger partial charge in [0.1, 0.15) is 0 Å². The molecule has 0 saturated carbocycles. The van der Waals surface area contributed by atoms with Crippen LogP contribution in [0.15, 0.2) is 18.2 Å². The molecule has 102 valence electrons. The molecule has 4 nitrogen and oxygen atoms in total. The first-order chi connectivity index (χ1) is 8.64. The van der Waals surface area contributed by atoms with E-state index in [1.807, 2.05) is 39.8 Å². The zero-order valence-electron chi connectivity index (χ0n) is 12.2. The average molecular weight is 260 g/mol. The molecule has 1 aliphatic heterocycles. The van der Waals surface area contributed by atoms with E-state index in [1.54, 1.807) is 13.0 Å². The minimum absolute atomic E-state index is 0.362. The maximum atomic E-state index is 7.74. The van der Waals surface area contributed by atoms with Crippen molar-refractivity contribution in [1.29, 1.82) is 5.41 Å². The van der Waals surface area contributed by atoms with Crippen molar-refractivity contribution in [3.8, 4) is 0 Å². The summed E-state index contributed by atoms with van der Waals surface area (Å²) in [5.74, 6) is 0. The Labute approximate surface area is 114 Å². The number of anilines is 1. The first kappa shape index (κ1) is 14.1. The van der Waals surface area contributed by atoms with Crippen molar-refractivity contribution in [2.75, 3.05) is 5.73 Å². The van der Waals surface area contributed by atoms with Gasteiger partial charge in [0.15, 0.2) is 0 Å². The highest BCUT2D eigenvalue weighted by molar-refractivity contribution is 6.62. The summed E-state index contributed by atoms with van der Waals surface area (Å²) in [6.45, 7) is 9.81. The van der Waals surface area contributed by atoms with Crippen LogP contribution in [0.25, 0.3) is 0 Å². The smallest absolute Gasteiger partial charge is 0.399 e. The first-order valence-electron chi connectivity index (χ1n) is 6.45. The third kappa shape index (κ3) is 2.40. The van der Waals surface area contributed by atoms with Gasteiger partial charge in [-0.2, -0.15) is 0 Å². The van der Waals surface area contributed by atoms with E-state index in [9.17, 15) is 0 Å². The molecule has 1 aromatic rings. The normalized spacial score (nSPS) is 20.6. The third-order valence-corrected chi connectivity index (χ3v) is 4.01. The molecule has 0 aromatic heterocycles. The lowest BCUT2D eigenvalue weighted by Crippen LogP contribution is -2.41. The molecular formula is C14H21BN2O2. The zero-order valence-corrected chi connectivity index (χ0v) is 12.2. The number of hydrogen-bond acceptors (Lipinski definition) is 4. The van der Waals surface area contributed by atoms with Crippen LogP contribution in [0.2, 0.25) is 0 Å². The van der Waals surface area contributed by atoms with Crippen LogP contribution in [-0.2, 0) is 9.31 Å². The molecule has 1 aromatic carbocycles. The summed E-state index contributed by atoms with van der Waals surface area (Å²) in [7, 11) is -0.413. The van der Waals surface area contributed by atoms with E-state index in [0.29, 0.717) is 11.4 Å². The molecule has 3 N–H and O–H groups in total. The van der Waals surface area contributed by atoms with Crippen LogP contribution < -0.4 is 11.2 Å². The summed E-state index contributed by atoms with van der Waals surface area (Å²) >= 11 is 0. The molecule has 0 spiro atoms. The fraction of sp³-hybridized carbons (Fsp3) is 0.500. The van der Waals surface area contributed by atoms with E-state index >= 15 is 0 Å². The molecule has 0 amide bonds. The summed E-state index contributed by atoms with van der Waals surface area (Å²) < 4.78 is 12.0. The molecule has 0 radical (unpaired) electrons. The van der Waals surface area contributed by atoms with E-state index in [1.165, 1.54) is 0 Å². The summed E-state index contributed by atoms with van der Waals surface area (Å²) in [6, 6.07) is 5.57. The lowest BCUT2D eigenvalue weighted by atomic mass is 9.78. The van der Waals surface area contributed by atoms with Gasteiger partial charge in [-0.25, -0.2) is 0 Å². The number of hydrogen-bond donors (Lipinski definition) is 2. The van der Waals surface area contributed by atoms with Crippen molar-refractivity contribution < 1.29 is 9.31 Å². The van der Waals surface area contributed by atoms with E-state index in [2.05, 4.69) is 0 Å². The van der Waals surface area contributed by atoms with Gasteiger partial charge in [0.05, 0.1) is 11.2 Å². The molecule has 1 heterocycles. The van der Waals surface area contributed by atoms with E-state index < -0.39 is 7.12 Å². The van der Waals surface area contributed by atoms with Crippen molar-refractivity contribution >= 4 is 24.0 Å². The van der Waals surface area contributed by atoms with Gasteiger partial charge in [-0.1, -0.05) is 12.1 Å². The monoisotopic (exact) mass is 260 g/mol. The number of nitrogen functional groups attached to an aromatic ring is 1. The lowest BCUT2D eigenvalue weighted by molar-refractivity contribution is 0.00578. The quantitative estimate of drug-likeness (QED) is 0.485. The molecule has 0 atom stereocenters. The minimum Gasteiger partial charge on any atom is -0.399 e. The van der Waals surface area contributed by atoms with Crippen molar-refractivity contribution in [1.82, 2.24) is 0 Å². The molecule has 19 heavy (non-hydrogen) atoms. The Morgan fingerprint density at radius 1 is 1.16 bits per heavy atom. The van der Waals surface area contributed by atoms with Crippen LogP contribution in [0, 0.1) is 5.41 Å². The Morgan fingerprint density at radius 3 is 2.16 bits per heavy atom. The van der Waals surface area contributed by atoms with E-state index in [0.717, 1.165) is 11.0 Å². The fourth-order valence-corrected chi connectivity index (χ4v) is 2.02. The topological polar surface area (TPSA) is 68.3 Å². The standard InChI is InChI=1S/C14H21BN2O2/c1-9(16)11-8-10(6-7-12(11)17)15-18-13(2,3)14(4,5)19-15/h6-8,16H,17H2,1-5H3. The molecule has 5 heteroatoms. The lowest BCUT2D eigenvalue weighted by Gasteiger charge is -2.32. The summed E-state index contributed by atoms with van der Waals surface area (Å²) in [4.78, 5) is 0. The SMILES string of the molecule is CC(=N)c1cc(B2OC(C)(C)C(C)(C)O2)ccc1N. The molecule has 0 unspecified atom stereocenters. The Kier molecular flexibility index (Phi) is 3.23. The fourth-order valence-electron chi connectivity index (χ4n) is 2.02. The molecule has 1 aliphatic rings. The van der Waals surface area contributed by atoms with E-state index in [4.69, 9.17) is 20.5 Å². The van der Waals surface area contributed by atoms with Crippen molar-refractivity contribution in [2.45, 2.75) is 45.8 Å². The number of nitrogens with two attached hydrogens (primary N) is 1. The van der Waals surface area contributed by atoms with E-state index in [-0.39, 0.29) is 11.2 Å². The Balaban J connectivity index is 2.35. The first-order valence-corrected chi connectivity index (χ1v) is 6.45. The van der Waals surface area contributed by atoms with Gasteiger partial charge in [0.25, 0.3) is 0 Å². The maximum absolute atomic E-state index is 7.74. The molecule has 1 fully saturated rings. The largest absolute Gasteiger partial charge is 0.494 e. The van der Waals surface area contributed by atoms with Gasteiger partial charge in [-0.3, -0.25) is 0 Å². The van der Waals surface area contributed by atoms with Gasteiger partial charge in [-0.05, 0) is 46.1 Å². The Hall–Kier alpha value is -1.33. The van der Waals surface area contributed by atoms with Crippen LogP contribution in [0.4, 0.5) is 5.69 Å². The van der Waals surface area contributed by atoms with Crippen LogP contribution in [0.5, 0.6) is 0 Å². The predicted molar refractivity (Wildman–Crippen MR) is 79.1 cm³/mol. The zero-order chi connectivity index (χ0) is 14.4. The second-order valence-electron chi connectivity index (χ2n) is 6.06. The highest BCUT2D eigenvalue weighted by Crippen LogP contribution is 2.36. The van der Waals surface area contributed by atoms with Crippen LogP contribution >= 0.6 is 0 Å². The maximum Gasteiger partial charge on any atom is 0.494 e. The molecule has 0 bridgehead atoms. The summed E-state index contributed by atoms with van der Waals surface area (Å²) in [5.41, 5.74) is 7.82. The van der Waals surface area contributed by atoms with Gasteiger partial charge >= 0.3 is 7.12 Å². The second kappa shape index (κ2) is 4.35. The van der Waals surface area contributed by atoms with Crippen molar-refractivity contribution in [2.24, 2.45) is 0 Å². The highest BCUT2D eigenvalue weighted by atomic mass is 16.7. The number of nitrogens with one attached hydrogen (secondary N) is 1. The van der Waals surface area contributed by atoms with Gasteiger partial charge in [0.2, 0.25) is 0 Å². The molecular weight excluding hydrogens is 239 g/mol. The number of rotatable bonds is 2.